The van der Waals surface area contributed by atoms with Gasteiger partial charge in [0.2, 0.25) is 11.8 Å². The molecule has 0 aromatic carbocycles. The molecule has 3 saturated heterocycles. The number of aryl methyl sites for hydroxylation is 1. The Morgan fingerprint density at radius 3 is 1.97 bits per heavy atom. The molecule has 0 atom stereocenters. The Kier molecular flexibility index (Phi) is 7.66. The van der Waals surface area contributed by atoms with Crippen LogP contribution in [0.3, 0.4) is 0 Å². The van der Waals surface area contributed by atoms with E-state index >= 15 is 0 Å². The minimum atomic E-state index is -0.810. The van der Waals surface area contributed by atoms with Crippen LogP contribution in [0, 0.1) is 6.92 Å². The Labute approximate surface area is 188 Å². The number of morpholine rings is 1. The van der Waals surface area contributed by atoms with Gasteiger partial charge in [-0.2, -0.15) is 0 Å². The van der Waals surface area contributed by atoms with Gasteiger partial charge in [-0.1, -0.05) is 11.8 Å². The summed E-state index contributed by atoms with van der Waals surface area (Å²) < 4.78 is 5.45. The predicted octanol–water partition coefficient (Wildman–Crippen LogP) is 2.11. The molecule has 1 aromatic heterocycles. The van der Waals surface area contributed by atoms with Crippen LogP contribution in [0.4, 0.5) is 5.82 Å². The highest BCUT2D eigenvalue weighted by Crippen LogP contribution is 2.28. The Balaban J connectivity index is 1.56. The third-order valence-corrected chi connectivity index (χ3v) is 7.19. The number of rotatable bonds is 5. The normalized spacial score (nSPS) is 20.3. The fraction of sp³-hybridized carbons (Fsp3) is 0.727. The van der Waals surface area contributed by atoms with Crippen LogP contribution in [0.1, 0.15) is 44.2 Å². The highest BCUT2D eigenvalue weighted by atomic mass is 32.2. The van der Waals surface area contributed by atoms with E-state index in [1.807, 2.05) is 22.8 Å². The second kappa shape index (κ2) is 10.6. The number of ether oxygens (including phenoxy) is 1. The lowest BCUT2D eigenvalue weighted by Crippen LogP contribution is -2.50. The second-order valence-corrected chi connectivity index (χ2v) is 9.59. The van der Waals surface area contributed by atoms with Gasteiger partial charge in [0.15, 0.2) is 10.4 Å². The van der Waals surface area contributed by atoms with E-state index in [9.17, 15) is 9.59 Å². The zero-order valence-corrected chi connectivity index (χ0v) is 19.2. The topological polar surface area (TPSA) is 78.9 Å². The first-order valence-corrected chi connectivity index (χ1v) is 12.4. The molecule has 9 heteroatoms. The van der Waals surface area contributed by atoms with Gasteiger partial charge in [-0.3, -0.25) is 9.59 Å². The number of piperidine rings is 2. The molecule has 0 bridgehead atoms. The smallest absolute Gasteiger partial charge is 0.245 e. The fourth-order valence-electron chi connectivity index (χ4n) is 4.40. The van der Waals surface area contributed by atoms with Crippen LogP contribution in [-0.2, 0) is 14.3 Å². The van der Waals surface area contributed by atoms with Gasteiger partial charge in [-0.15, -0.1) is 0 Å². The summed E-state index contributed by atoms with van der Waals surface area (Å²) in [6, 6.07) is 1.96. The Hall–Kier alpha value is -1.87. The minimum absolute atomic E-state index is 0.0849. The second-order valence-electron chi connectivity index (χ2n) is 8.52. The average Bonchev–Trinajstić information content (AvgIpc) is 2.83. The molecule has 170 valence electrons. The maximum atomic E-state index is 13.4. The van der Waals surface area contributed by atoms with Gasteiger partial charge in [0, 0.05) is 51.0 Å². The molecule has 0 spiro atoms. The number of aromatic nitrogens is 2. The third-order valence-electron chi connectivity index (χ3n) is 6.16. The zero-order valence-electron chi connectivity index (χ0n) is 18.4. The van der Waals surface area contributed by atoms with Crippen molar-refractivity contribution in [1.29, 1.82) is 0 Å². The van der Waals surface area contributed by atoms with E-state index in [1.165, 1.54) is 11.8 Å². The summed E-state index contributed by atoms with van der Waals surface area (Å²) in [6.45, 7) is 7.78. The van der Waals surface area contributed by atoms with Crippen LogP contribution in [0.25, 0.3) is 0 Å². The van der Waals surface area contributed by atoms with Gasteiger partial charge in [0.25, 0.3) is 0 Å². The Morgan fingerprint density at radius 1 is 0.871 bits per heavy atom. The lowest BCUT2D eigenvalue weighted by atomic mass is 10.1. The van der Waals surface area contributed by atoms with Crippen LogP contribution >= 0.6 is 11.8 Å². The minimum Gasteiger partial charge on any atom is -0.378 e. The number of carbonyl (C=O) groups is 2. The van der Waals surface area contributed by atoms with E-state index in [2.05, 4.69) is 9.88 Å². The summed E-state index contributed by atoms with van der Waals surface area (Å²) in [4.78, 5) is 42.1. The Morgan fingerprint density at radius 2 is 1.42 bits per heavy atom. The van der Waals surface area contributed by atoms with Gasteiger partial charge < -0.3 is 19.4 Å². The summed E-state index contributed by atoms with van der Waals surface area (Å²) in [6.07, 6.45) is 6.30. The quantitative estimate of drug-likeness (QED) is 0.389. The summed E-state index contributed by atoms with van der Waals surface area (Å²) in [5, 5.41) is -0.308. The van der Waals surface area contributed by atoms with E-state index in [-0.39, 0.29) is 11.8 Å². The molecule has 3 aliphatic rings. The maximum absolute atomic E-state index is 13.4. The molecule has 8 nitrogen and oxygen atoms in total. The first-order chi connectivity index (χ1) is 15.1. The van der Waals surface area contributed by atoms with E-state index in [0.29, 0.717) is 18.4 Å². The molecule has 4 rings (SSSR count). The van der Waals surface area contributed by atoms with E-state index in [0.717, 1.165) is 89.3 Å². The molecule has 0 N–H and O–H groups in total. The number of carbonyl (C=O) groups excluding carboxylic acids is 2. The zero-order chi connectivity index (χ0) is 21.6. The van der Waals surface area contributed by atoms with Crippen LogP contribution in [0.2, 0.25) is 0 Å². The first kappa shape index (κ1) is 22.3. The van der Waals surface area contributed by atoms with Crippen LogP contribution in [-0.4, -0.2) is 89.3 Å². The molecule has 31 heavy (non-hydrogen) atoms. The number of amides is 2. The van der Waals surface area contributed by atoms with Crippen molar-refractivity contribution in [1.82, 2.24) is 19.8 Å². The lowest BCUT2D eigenvalue weighted by Gasteiger charge is -2.33. The summed E-state index contributed by atoms with van der Waals surface area (Å²) >= 11 is 1.22. The molecule has 2 amide bonds. The van der Waals surface area contributed by atoms with Crippen LogP contribution in [0.5, 0.6) is 0 Å². The van der Waals surface area contributed by atoms with Gasteiger partial charge in [-0.25, -0.2) is 9.97 Å². The van der Waals surface area contributed by atoms with Crippen molar-refractivity contribution in [3.05, 3.63) is 11.8 Å². The number of hydrogen-bond donors (Lipinski definition) is 0. The molecule has 4 heterocycles. The molecule has 3 aliphatic heterocycles. The van der Waals surface area contributed by atoms with Crippen molar-refractivity contribution < 1.29 is 14.3 Å². The summed E-state index contributed by atoms with van der Waals surface area (Å²) in [5.41, 5.74) is 0.841. The van der Waals surface area contributed by atoms with Crippen molar-refractivity contribution in [3.8, 4) is 0 Å². The molecular formula is C22H33N5O3S. The SMILES string of the molecule is Cc1cc(N2CCOCC2)nc(SC(C(=O)N2CCCCC2)C(=O)N2CCCCC2)n1. The van der Waals surface area contributed by atoms with Crippen LogP contribution in [0.15, 0.2) is 11.2 Å². The van der Waals surface area contributed by atoms with Gasteiger partial charge in [-0.05, 0) is 45.4 Å². The highest BCUT2D eigenvalue weighted by molar-refractivity contribution is 8.01. The van der Waals surface area contributed by atoms with Gasteiger partial charge in [0.05, 0.1) is 13.2 Å². The summed E-state index contributed by atoms with van der Waals surface area (Å²) in [7, 11) is 0. The fourth-order valence-corrected chi connectivity index (χ4v) is 5.46. The largest absolute Gasteiger partial charge is 0.378 e. The number of likely N-dealkylation sites (tertiary alicyclic amines) is 2. The van der Waals surface area contributed by atoms with Gasteiger partial charge >= 0.3 is 0 Å². The molecule has 0 radical (unpaired) electrons. The number of nitrogens with zero attached hydrogens (tertiary/aromatic N) is 5. The molecular weight excluding hydrogens is 414 g/mol. The summed E-state index contributed by atoms with van der Waals surface area (Å²) in [5.74, 6) is 0.671. The molecule has 0 saturated carbocycles. The predicted molar refractivity (Wildman–Crippen MR) is 120 cm³/mol. The third kappa shape index (κ3) is 5.68. The van der Waals surface area contributed by atoms with E-state index in [4.69, 9.17) is 9.72 Å². The maximum Gasteiger partial charge on any atom is 0.245 e. The number of anilines is 1. The van der Waals surface area contributed by atoms with Gasteiger partial charge in [0.1, 0.15) is 5.82 Å². The van der Waals surface area contributed by atoms with Crippen molar-refractivity contribution >= 4 is 29.4 Å². The van der Waals surface area contributed by atoms with E-state index in [1.54, 1.807) is 0 Å². The van der Waals surface area contributed by atoms with E-state index < -0.39 is 5.25 Å². The van der Waals surface area contributed by atoms with Crippen molar-refractivity contribution in [2.75, 3.05) is 57.4 Å². The molecule has 3 fully saturated rings. The average molecular weight is 448 g/mol. The monoisotopic (exact) mass is 447 g/mol. The van der Waals surface area contributed by atoms with Crippen LogP contribution < -0.4 is 4.90 Å². The highest BCUT2D eigenvalue weighted by Gasteiger charge is 2.36. The van der Waals surface area contributed by atoms with Crippen molar-refractivity contribution in [2.45, 2.75) is 55.9 Å². The van der Waals surface area contributed by atoms with Crippen molar-refractivity contribution in [3.63, 3.8) is 0 Å². The van der Waals surface area contributed by atoms with Crippen molar-refractivity contribution in [2.24, 2.45) is 0 Å². The lowest BCUT2D eigenvalue weighted by molar-refractivity contribution is -0.140. The first-order valence-electron chi connectivity index (χ1n) is 11.5. The Bertz CT molecular complexity index is 744. The molecule has 0 unspecified atom stereocenters. The number of thioether (sulfide) groups is 1. The number of hydrogen-bond acceptors (Lipinski definition) is 7. The molecule has 1 aromatic rings. The standard InChI is InChI=1S/C22H33N5O3S/c1-17-16-18(25-12-14-30-15-13-25)24-22(23-17)31-19(20(28)26-8-4-2-5-9-26)21(29)27-10-6-3-7-11-27/h16,19H,2-15H2,1H3. The molecule has 0 aliphatic carbocycles.